The van der Waals surface area contributed by atoms with E-state index in [2.05, 4.69) is 52.8 Å². The molecule has 0 bridgehead atoms. The zero-order chi connectivity index (χ0) is 20.0. The van der Waals surface area contributed by atoms with Crippen molar-refractivity contribution in [3.05, 3.63) is 52.6 Å². The summed E-state index contributed by atoms with van der Waals surface area (Å²) in [6.45, 7) is 11.5. The van der Waals surface area contributed by atoms with E-state index >= 15 is 0 Å². The summed E-state index contributed by atoms with van der Waals surface area (Å²) in [5.74, 6) is -0.942. The second-order valence-corrected chi connectivity index (χ2v) is 9.40. The van der Waals surface area contributed by atoms with E-state index < -0.39 is 11.6 Å². The minimum absolute atomic E-state index is 0.138. The Bertz CT molecular complexity index is 826. The quantitative estimate of drug-likeness (QED) is 0.709. The van der Waals surface area contributed by atoms with E-state index in [0.29, 0.717) is 0 Å². The number of carboxylic acid groups (broad SMARTS) is 1. The van der Waals surface area contributed by atoms with Crippen LogP contribution in [0.3, 0.4) is 0 Å². The van der Waals surface area contributed by atoms with Crippen molar-refractivity contribution >= 4 is 11.5 Å². The van der Waals surface area contributed by atoms with Gasteiger partial charge in [0, 0.05) is 13.2 Å². The molecule has 3 nitrogen and oxygen atoms in total. The zero-order valence-corrected chi connectivity index (χ0v) is 17.5. The number of methoxy groups -OCH3 is 1. The van der Waals surface area contributed by atoms with Crippen LogP contribution in [-0.2, 0) is 20.4 Å². The van der Waals surface area contributed by atoms with Crippen LogP contribution in [0.5, 0.6) is 0 Å². The van der Waals surface area contributed by atoms with Crippen LogP contribution in [0.4, 0.5) is 0 Å². The minimum atomic E-state index is -0.942. The van der Waals surface area contributed by atoms with E-state index in [1.54, 1.807) is 13.2 Å². The summed E-state index contributed by atoms with van der Waals surface area (Å²) in [5, 5.41) is 9.12. The summed E-state index contributed by atoms with van der Waals surface area (Å²) < 4.78 is 5.89. The third kappa shape index (κ3) is 3.38. The van der Waals surface area contributed by atoms with Gasteiger partial charge in [-0.2, -0.15) is 0 Å². The van der Waals surface area contributed by atoms with Gasteiger partial charge in [-0.1, -0.05) is 45.9 Å². The van der Waals surface area contributed by atoms with E-state index in [1.807, 2.05) is 0 Å². The molecule has 0 heterocycles. The molecule has 1 aromatic carbocycles. The normalized spacial score (nSPS) is 26.1. The van der Waals surface area contributed by atoms with Crippen LogP contribution >= 0.6 is 0 Å². The molecule has 3 rings (SSSR count). The maximum absolute atomic E-state index is 11.1. The number of hydrogen-bond acceptors (Lipinski definition) is 2. The Hall–Kier alpha value is -1.87. The SMILES string of the molecule is COC1(C=CC(=O)O)CCC=C1c1cc2c(cc1C)C(C)(C)CCC2(C)C. The van der Waals surface area contributed by atoms with Gasteiger partial charge in [-0.25, -0.2) is 4.79 Å². The van der Waals surface area contributed by atoms with E-state index in [0.717, 1.165) is 18.4 Å². The number of carbonyl (C=O) groups is 1. The van der Waals surface area contributed by atoms with Gasteiger partial charge < -0.3 is 9.84 Å². The largest absolute Gasteiger partial charge is 0.478 e. The molecule has 0 amide bonds. The summed E-state index contributed by atoms with van der Waals surface area (Å²) >= 11 is 0. The zero-order valence-electron chi connectivity index (χ0n) is 17.5. The highest BCUT2D eigenvalue weighted by molar-refractivity contribution is 5.84. The standard InChI is InChI=1S/C24H32O3/c1-16-14-19-20(23(4,5)13-12-22(19,2)3)15-17(16)18-8-7-10-24(18,27-6)11-9-21(25)26/h8-9,11,14-15H,7,10,12-13H2,1-6H3,(H,25,26). The van der Waals surface area contributed by atoms with E-state index in [4.69, 9.17) is 9.84 Å². The van der Waals surface area contributed by atoms with Gasteiger partial charge in [0.15, 0.2) is 0 Å². The van der Waals surface area contributed by atoms with Crippen molar-refractivity contribution in [3.63, 3.8) is 0 Å². The first-order chi connectivity index (χ1) is 12.5. The molecule has 2 aliphatic rings. The fourth-order valence-corrected chi connectivity index (χ4v) is 4.75. The lowest BCUT2D eigenvalue weighted by Gasteiger charge is -2.43. The van der Waals surface area contributed by atoms with Crippen LogP contribution in [0, 0.1) is 6.92 Å². The Kier molecular flexibility index (Phi) is 4.88. The molecule has 0 spiro atoms. The highest BCUT2D eigenvalue weighted by Crippen LogP contribution is 2.49. The first kappa shape index (κ1) is 19.9. The molecule has 0 radical (unpaired) electrons. The number of benzene rings is 1. The molecular formula is C24H32O3. The lowest BCUT2D eigenvalue weighted by atomic mass is 9.62. The molecule has 146 valence electrons. The Balaban J connectivity index is 2.17. The van der Waals surface area contributed by atoms with Crippen molar-refractivity contribution in [2.24, 2.45) is 0 Å². The predicted molar refractivity (Wildman–Crippen MR) is 110 cm³/mol. The van der Waals surface area contributed by atoms with Gasteiger partial charge in [0.1, 0.15) is 5.60 Å². The molecule has 0 aromatic heterocycles. The van der Waals surface area contributed by atoms with Gasteiger partial charge in [-0.05, 0) is 77.3 Å². The predicted octanol–water partition coefficient (Wildman–Crippen LogP) is 5.55. The second kappa shape index (κ2) is 6.63. The van der Waals surface area contributed by atoms with Gasteiger partial charge in [-0.15, -0.1) is 0 Å². The molecule has 0 aliphatic heterocycles. The number of aliphatic carboxylic acids is 1. The van der Waals surface area contributed by atoms with E-state index in [1.165, 1.54) is 41.2 Å². The van der Waals surface area contributed by atoms with Crippen LogP contribution in [0.1, 0.15) is 75.6 Å². The minimum Gasteiger partial charge on any atom is -0.478 e. The van der Waals surface area contributed by atoms with Crippen LogP contribution in [0.2, 0.25) is 0 Å². The number of rotatable bonds is 4. The second-order valence-electron chi connectivity index (χ2n) is 9.40. The fourth-order valence-electron chi connectivity index (χ4n) is 4.75. The van der Waals surface area contributed by atoms with E-state index in [9.17, 15) is 4.79 Å². The molecule has 1 N–H and O–H groups in total. The lowest BCUT2D eigenvalue weighted by Crippen LogP contribution is -2.34. The van der Waals surface area contributed by atoms with Crippen LogP contribution in [0.25, 0.3) is 5.57 Å². The Morgan fingerprint density at radius 1 is 1.07 bits per heavy atom. The summed E-state index contributed by atoms with van der Waals surface area (Å²) in [6.07, 6.45) is 9.16. The number of fused-ring (bicyclic) bond motifs is 1. The van der Waals surface area contributed by atoms with Crippen LogP contribution < -0.4 is 0 Å². The van der Waals surface area contributed by atoms with Crippen molar-refractivity contribution in [2.45, 2.75) is 76.7 Å². The van der Waals surface area contributed by atoms with Gasteiger partial charge in [0.25, 0.3) is 0 Å². The molecule has 0 saturated heterocycles. The van der Waals surface area contributed by atoms with Crippen LogP contribution in [0.15, 0.2) is 30.4 Å². The number of hydrogen-bond donors (Lipinski definition) is 1. The maximum atomic E-state index is 11.1. The van der Waals surface area contributed by atoms with Gasteiger partial charge in [-0.3, -0.25) is 0 Å². The van der Waals surface area contributed by atoms with Gasteiger partial charge in [0.2, 0.25) is 0 Å². The molecule has 27 heavy (non-hydrogen) atoms. The smallest absolute Gasteiger partial charge is 0.328 e. The number of ether oxygens (including phenoxy) is 1. The third-order valence-corrected chi connectivity index (χ3v) is 6.67. The summed E-state index contributed by atoms with van der Waals surface area (Å²) in [6, 6.07) is 4.71. The lowest BCUT2D eigenvalue weighted by molar-refractivity contribution is -0.131. The van der Waals surface area contributed by atoms with Crippen molar-refractivity contribution in [1.82, 2.24) is 0 Å². The van der Waals surface area contributed by atoms with Gasteiger partial charge in [0.05, 0.1) is 0 Å². The number of carboxylic acids is 1. The monoisotopic (exact) mass is 368 g/mol. The van der Waals surface area contributed by atoms with Crippen molar-refractivity contribution in [1.29, 1.82) is 0 Å². The first-order valence-corrected chi connectivity index (χ1v) is 9.86. The molecule has 1 unspecified atom stereocenters. The molecular weight excluding hydrogens is 336 g/mol. The highest BCUT2D eigenvalue weighted by atomic mass is 16.5. The highest BCUT2D eigenvalue weighted by Gasteiger charge is 2.40. The maximum Gasteiger partial charge on any atom is 0.328 e. The van der Waals surface area contributed by atoms with Gasteiger partial charge >= 0.3 is 5.97 Å². The van der Waals surface area contributed by atoms with Crippen molar-refractivity contribution in [2.75, 3.05) is 7.11 Å². The van der Waals surface area contributed by atoms with Crippen molar-refractivity contribution in [3.8, 4) is 0 Å². The molecule has 0 saturated carbocycles. The Labute approximate surface area is 163 Å². The fraction of sp³-hybridized carbons (Fsp3) is 0.542. The summed E-state index contributed by atoms with van der Waals surface area (Å²) in [4.78, 5) is 11.1. The Morgan fingerprint density at radius 3 is 2.22 bits per heavy atom. The van der Waals surface area contributed by atoms with Crippen LogP contribution in [-0.4, -0.2) is 23.8 Å². The molecule has 3 heteroatoms. The summed E-state index contributed by atoms with van der Waals surface area (Å²) in [5.41, 5.74) is 6.04. The molecule has 1 atom stereocenters. The summed E-state index contributed by atoms with van der Waals surface area (Å²) in [7, 11) is 1.67. The number of allylic oxidation sites excluding steroid dienone is 1. The third-order valence-electron chi connectivity index (χ3n) is 6.67. The average molecular weight is 369 g/mol. The molecule has 2 aliphatic carbocycles. The van der Waals surface area contributed by atoms with Crippen molar-refractivity contribution < 1.29 is 14.6 Å². The first-order valence-electron chi connectivity index (χ1n) is 9.86. The topological polar surface area (TPSA) is 46.5 Å². The molecule has 1 aromatic rings. The Morgan fingerprint density at radius 2 is 1.67 bits per heavy atom. The van der Waals surface area contributed by atoms with E-state index in [-0.39, 0.29) is 10.8 Å². The molecule has 0 fully saturated rings. The average Bonchev–Trinajstić information content (AvgIpc) is 3.01. The number of aryl methyl sites for hydroxylation is 1.